The quantitative estimate of drug-likeness (QED) is 0.487. The van der Waals surface area contributed by atoms with Gasteiger partial charge in [0.25, 0.3) is 0 Å². The van der Waals surface area contributed by atoms with E-state index in [2.05, 4.69) is 30.8 Å². The molecule has 0 atom stereocenters. The number of fused-ring (bicyclic) bond motifs is 1. The van der Waals surface area contributed by atoms with Crippen LogP contribution in [0.2, 0.25) is 5.02 Å². The van der Waals surface area contributed by atoms with Gasteiger partial charge in [-0.1, -0.05) is 35.9 Å². The Morgan fingerprint density at radius 2 is 1.72 bits per heavy atom. The number of benzene rings is 2. The lowest BCUT2D eigenvalue weighted by atomic mass is 10.2. The molecule has 32 heavy (non-hydrogen) atoms. The highest BCUT2D eigenvalue weighted by atomic mass is 35.5. The fourth-order valence-corrected chi connectivity index (χ4v) is 4.14. The van der Waals surface area contributed by atoms with Crippen LogP contribution in [-0.2, 0) is 0 Å². The number of nitrogen functional groups attached to an aromatic ring is 1. The maximum atomic E-state index is 6.46. The van der Waals surface area contributed by atoms with Crippen LogP contribution in [0.15, 0.2) is 60.9 Å². The molecule has 1 fully saturated rings. The fraction of sp³-hybridized carbons (Fsp3) is 0.208. The number of aryl methyl sites for hydroxylation is 1. The summed E-state index contributed by atoms with van der Waals surface area (Å²) in [6.07, 6.45) is 1.49. The number of para-hydroxylation sites is 1. The van der Waals surface area contributed by atoms with Gasteiger partial charge in [-0.2, -0.15) is 4.98 Å². The van der Waals surface area contributed by atoms with Crippen molar-refractivity contribution >= 4 is 39.7 Å². The van der Waals surface area contributed by atoms with Crippen LogP contribution in [-0.4, -0.2) is 41.1 Å². The van der Waals surface area contributed by atoms with Crippen molar-refractivity contribution in [3.05, 3.63) is 71.6 Å². The number of aromatic nitrogens is 3. The smallest absolute Gasteiger partial charge is 0.248 e. The first-order chi connectivity index (χ1) is 15.6. The zero-order valence-corrected chi connectivity index (χ0v) is 18.5. The van der Waals surface area contributed by atoms with Crippen LogP contribution in [0.3, 0.4) is 0 Å². The third-order valence-electron chi connectivity index (χ3n) is 5.61. The van der Waals surface area contributed by atoms with E-state index in [0.29, 0.717) is 23.1 Å². The van der Waals surface area contributed by atoms with E-state index in [9.17, 15) is 0 Å². The number of hydrogen-bond donors (Lipinski definition) is 1. The minimum atomic E-state index is 0.336. The molecule has 5 rings (SSSR count). The van der Waals surface area contributed by atoms with E-state index in [-0.39, 0.29) is 0 Å². The van der Waals surface area contributed by atoms with Crippen molar-refractivity contribution in [3.8, 4) is 11.6 Å². The summed E-state index contributed by atoms with van der Waals surface area (Å²) in [6.45, 7) is 5.19. The largest absolute Gasteiger partial charge is 0.435 e. The number of ether oxygens (including phenoxy) is 1. The Hall–Kier alpha value is -3.58. The third kappa shape index (κ3) is 3.99. The second-order valence-corrected chi connectivity index (χ2v) is 8.19. The Kier molecular flexibility index (Phi) is 5.41. The zero-order valence-electron chi connectivity index (χ0n) is 17.7. The van der Waals surface area contributed by atoms with Gasteiger partial charge < -0.3 is 20.3 Å². The lowest BCUT2D eigenvalue weighted by Gasteiger charge is -2.37. The van der Waals surface area contributed by atoms with Gasteiger partial charge in [0, 0.05) is 48.0 Å². The van der Waals surface area contributed by atoms with Gasteiger partial charge in [-0.3, -0.25) is 0 Å². The van der Waals surface area contributed by atoms with Crippen molar-refractivity contribution in [1.29, 1.82) is 0 Å². The van der Waals surface area contributed by atoms with Gasteiger partial charge in [0.15, 0.2) is 11.6 Å². The van der Waals surface area contributed by atoms with E-state index in [1.54, 1.807) is 0 Å². The highest BCUT2D eigenvalue weighted by Gasteiger charge is 2.22. The van der Waals surface area contributed by atoms with E-state index >= 15 is 0 Å². The topological polar surface area (TPSA) is 80.4 Å². The average Bonchev–Trinajstić information content (AvgIpc) is 2.81. The first-order valence-electron chi connectivity index (χ1n) is 10.5. The monoisotopic (exact) mass is 446 g/mol. The molecule has 0 aliphatic carbocycles. The molecular weight excluding hydrogens is 424 g/mol. The van der Waals surface area contributed by atoms with Crippen LogP contribution in [0.5, 0.6) is 11.6 Å². The van der Waals surface area contributed by atoms with Gasteiger partial charge >= 0.3 is 0 Å². The molecule has 7 nitrogen and oxygen atoms in total. The minimum Gasteiger partial charge on any atom is -0.435 e. The van der Waals surface area contributed by atoms with Gasteiger partial charge in [-0.25, -0.2) is 9.97 Å². The molecule has 0 radical (unpaired) electrons. The Morgan fingerprint density at radius 1 is 0.938 bits per heavy atom. The Balaban J connectivity index is 1.36. The predicted octanol–water partition coefficient (Wildman–Crippen LogP) is 4.69. The maximum absolute atomic E-state index is 6.46. The third-order valence-corrected chi connectivity index (χ3v) is 5.84. The Bertz CT molecular complexity index is 1270. The molecule has 2 aromatic carbocycles. The van der Waals surface area contributed by atoms with Gasteiger partial charge in [-0.15, -0.1) is 0 Å². The van der Waals surface area contributed by atoms with E-state index in [1.807, 2.05) is 55.5 Å². The Morgan fingerprint density at radius 3 is 2.53 bits per heavy atom. The molecule has 0 bridgehead atoms. The fourth-order valence-electron chi connectivity index (χ4n) is 3.96. The summed E-state index contributed by atoms with van der Waals surface area (Å²) in [6, 6.07) is 17.7. The van der Waals surface area contributed by atoms with Crippen LogP contribution < -0.4 is 20.3 Å². The number of anilines is 3. The number of hydrogen-bond acceptors (Lipinski definition) is 7. The number of pyridine rings is 1. The number of nitrogens with zero attached hydrogens (tertiary/aromatic N) is 5. The molecule has 0 unspecified atom stereocenters. The van der Waals surface area contributed by atoms with Crippen molar-refractivity contribution < 1.29 is 4.74 Å². The molecule has 2 aromatic heterocycles. The molecule has 1 aliphatic rings. The van der Waals surface area contributed by atoms with Gasteiger partial charge in [-0.05, 0) is 37.3 Å². The summed E-state index contributed by atoms with van der Waals surface area (Å²) in [5, 5.41) is 1.74. The highest BCUT2D eigenvalue weighted by molar-refractivity contribution is 6.30. The van der Waals surface area contributed by atoms with Gasteiger partial charge in [0.05, 0.1) is 0 Å². The molecule has 162 valence electrons. The summed E-state index contributed by atoms with van der Waals surface area (Å²) < 4.78 is 6.12. The van der Waals surface area contributed by atoms with Crippen molar-refractivity contribution in [1.82, 2.24) is 15.0 Å². The molecule has 3 heterocycles. The van der Waals surface area contributed by atoms with Gasteiger partial charge in [0.1, 0.15) is 17.5 Å². The molecule has 0 spiro atoms. The summed E-state index contributed by atoms with van der Waals surface area (Å²) in [5.41, 5.74) is 9.70. The first-order valence-corrected chi connectivity index (χ1v) is 10.9. The molecule has 2 N–H and O–H groups in total. The molecule has 1 aliphatic heterocycles. The first kappa shape index (κ1) is 20.3. The molecular formula is C24H23ClN6O. The van der Waals surface area contributed by atoms with Crippen molar-refractivity contribution in [2.45, 2.75) is 6.92 Å². The van der Waals surface area contributed by atoms with E-state index in [0.717, 1.165) is 53.5 Å². The lowest BCUT2D eigenvalue weighted by Crippen LogP contribution is -2.47. The van der Waals surface area contributed by atoms with E-state index in [4.69, 9.17) is 22.1 Å². The van der Waals surface area contributed by atoms with Crippen LogP contribution in [0, 0.1) is 6.92 Å². The lowest BCUT2D eigenvalue weighted by molar-refractivity contribution is 0.468. The van der Waals surface area contributed by atoms with Crippen LogP contribution in [0.25, 0.3) is 10.9 Å². The highest BCUT2D eigenvalue weighted by Crippen LogP contribution is 2.34. The molecule has 4 aromatic rings. The molecule has 1 saturated heterocycles. The maximum Gasteiger partial charge on any atom is 0.248 e. The summed E-state index contributed by atoms with van der Waals surface area (Å²) in [7, 11) is 0. The predicted molar refractivity (Wildman–Crippen MR) is 129 cm³/mol. The summed E-state index contributed by atoms with van der Waals surface area (Å²) in [4.78, 5) is 17.8. The van der Waals surface area contributed by atoms with Crippen LogP contribution in [0.4, 0.5) is 17.2 Å². The molecule has 0 amide bonds. The van der Waals surface area contributed by atoms with Crippen LogP contribution >= 0.6 is 11.6 Å². The van der Waals surface area contributed by atoms with E-state index in [1.165, 1.54) is 6.33 Å². The summed E-state index contributed by atoms with van der Waals surface area (Å²) in [5.74, 6) is 1.64. The normalized spacial score (nSPS) is 14.1. The number of piperazine rings is 1. The SMILES string of the molecule is Cc1ccc2cccc(Oc3ncnc(N4CCN(c5cccc(Cl)c5)CC4)c3N)c2n1. The number of halogens is 1. The van der Waals surface area contributed by atoms with Crippen molar-refractivity contribution in [2.24, 2.45) is 0 Å². The average molecular weight is 447 g/mol. The second kappa shape index (κ2) is 8.51. The van der Waals surface area contributed by atoms with E-state index < -0.39 is 0 Å². The molecule has 8 heteroatoms. The molecule has 0 saturated carbocycles. The van der Waals surface area contributed by atoms with Crippen molar-refractivity contribution in [2.75, 3.05) is 41.7 Å². The zero-order chi connectivity index (χ0) is 22.1. The number of nitrogens with two attached hydrogens (primary N) is 1. The minimum absolute atomic E-state index is 0.336. The van der Waals surface area contributed by atoms with Crippen molar-refractivity contribution in [3.63, 3.8) is 0 Å². The van der Waals surface area contributed by atoms with Gasteiger partial charge in [0.2, 0.25) is 5.88 Å². The second-order valence-electron chi connectivity index (χ2n) is 7.75. The number of rotatable bonds is 4. The standard InChI is InChI=1S/C24H23ClN6O/c1-16-8-9-17-4-2-7-20(22(17)29-16)32-24-21(26)23(27-15-28-24)31-12-10-30(11-13-31)19-6-3-5-18(25)14-19/h2-9,14-15H,10-13,26H2,1H3. The summed E-state index contributed by atoms with van der Waals surface area (Å²) >= 11 is 6.15. The van der Waals surface area contributed by atoms with Crippen LogP contribution in [0.1, 0.15) is 5.69 Å². The Labute approximate surface area is 191 Å².